The van der Waals surface area contributed by atoms with E-state index >= 15 is 0 Å². The molecule has 0 atom stereocenters. The first kappa shape index (κ1) is 16.0. The number of hydrogen-bond donors (Lipinski definition) is 0. The molecule has 3 aromatic rings. The van der Waals surface area contributed by atoms with Gasteiger partial charge < -0.3 is 9.42 Å². The summed E-state index contributed by atoms with van der Waals surface area (Å²) in [4.78, 5) is 14.9. The Morgan fingerprint density at radius 3 is 2.29 bits per heavy atom. The van der Waals surface area contributed by atoms with Crippen molar-refractivity contribution in [2.75, 3.05) is 6.54 Å². The molecule has 2 aromatic carbocycles. The fraction of sp³-hybridized carbons (Fsp3) is 0.200. The van der Waals surface area contributed by atoms with Crippen LogP contribution in [0.1, 0.15) is 28.6 Å². The second-order valence-electron chi connectivity index (χ2n) is 5.63. The lowest BCUT2D eigenvalue weighted by molar-refractivity contribution is 0.0751. The van der Waals surface area contributed by atoms with E-state index in [1.54, 1.807) is 11.8 Å². The van der Waals surface area contributed by atoms with Crippen LogP contribution in [0.5, 0.6) is 0 Å². The topological polar surface area (TPSA) is 46.3 Å². The molecule has 1 amide bonds. The van der Waals surface area contributed by atoms with Crippen molar-refractivity contribution < 1.29 is 9.32 Å². The zero-order chi connectivity index (χ0) is 16.9. The van der Waals surface area contributed by atoms with E-state index in [9.17, 15) is 4.79 Å². The molecule has 0 saturated carbocycles. The van der Waals surface area contributed by atoms with Crippen LogP contribution in [0.2, 0.25) is 0 Å². The molecule has 0 radical (unpaired) electrons. The zero-order valence-electron chi connectivity index (χ0n) is 13.9. The first-order valence-corrected chi connectivity index (χ1v) is 8.05. The molecule has 4 heteroatoms. The smallest absolute Gasteiger partial charge is 0.260 e. The second-order valence-corrected chi connectivity index (χ2v) is 5.63. The van der Waals surface area contributed by atoms with E-state index < -0.39 is 0 Å². The molecule has 24 heavy (non-hydrogen) atoms. The summed E-state index contributed by atoms with van der Waals surface area (Å²) in [6.07, 6.45) is 0. The van der Waals surface area contributed by atoms with Gasteiger partial charge in [-0.1, -0.05) is 65.8 Å². The van der Waals surface area contributed by atoms with Gasteiger partial charge in [-0.2, -0.15) is 0 Å². The normalized spacial score (nSPS) is 10.6. The van der Waals surface area contributed by atoms with Crippen LogP contribution in [0.3, 0.4) is 0 Å². The maximum absolute atomic E-state index is 13.1. The summed E-state index contributed by atoms with van der Waals surface area (Å²) >= 11 is 0. The molecule has 4 nitrogen and oxygen atoms in total. The van der Waals surface area contributed by atoms with Crippen LogP contribution >= 0.6 is 0 Å². The van der Waals surface area contributed by atoms with Gasteiger partial charge in [0.25, 0.3) is 5.91 Å². The molecule has 122 valence electrons. The second kappa shape index (κ2) is 7.13. The molecule has 0 unspecified atom stereocenters. The Hall–Kier alpha value is -2.88. The summed E-state index contributed by atoms with van der Waals surface area (Å²) in [5.41, 5.74) is 3.13. The lowest BCUT2D eigenvalue weighted by atomic mass is 10.0. The van der Waals surface area contributed by atoms with Gasteiger partial charge in [-0.25, -0.2) is 0 Å². The van der Waals surface area contributed by atoms with Crippen molar-refractivity contribution in [3.63, 3.8) is 0 Å². The summed E-state index contributed by atoms with van der Waals surface area (Å²) in [6, 6.07) is 19.6. The standard InChI is InChI=1S/C20H20N2O2/c1-3-22(14-16-10-6-4-7-11-16)20(23)18-15(2)24-21-19(18)17-12-8-5-9-13-17/h4-13H,3,14H2,1-2H3. The maximum Gasteiger partial charge on any atom is 0.260 e. The zero-order valence-corrected chi connectivity index (χ0v) is 13.9. The Morgan fingerprint density at radius 1 is 1.04 bits per heavy atom. The largest absolute Gasteiger partial charge is 0.360 e. The minimum atomic E-state index is -0.0565. The molecule has 0 bridgehead atoms. The number of rotatable bonds is 5. The number of aromatic nitrogens is 1. The molecule has 0 spiro atoms. The molecule has 0 saturated heterocycles. The van der Waals surface area contributed by atoms with Crippen LogP contribution < -0.4 is 0 Å². The van der Waals surface area contributed by atoms with Crippen molar-refractivity contribution >= 4 is 5.91 Å². The average Bonchev–Trinajstić information content (AvgIpc) is 3.02. The number of carbonyl (C=O) groups is 1. The average molecular weight is 320 g/mol. The minimum absolute atomic E-state index is 0.0565. The summed E-state index contributed by atoms with van der Waals surface area (Å²) in [5, 5.41) is 4.11. The summed E-state index contributed by atoms with van der Waals surface area (Å²) in [6.45, 7) is 4.94. The summed E-state index contributed by atoms with van der Waals surface area (Å²) in [7, 11) is 0. The molecule has 3 rings (SSSR count). The van der Waals surface area contributed by atoms with E-state index in [0.29, 0.717) is 30.1 Å². The Morgan fingerprint density at radius 2 is 1.67 bits per heavy atom. The monoisotopic (exact) mass is 320 g/mol. The van der Waals surface area contributed by atoms with Gasteiger partial charge >= 0.3 is 0 Å². The van der Waals surface area contributed by atoms with Gasteiger partial charge in [-0.15, -0.1) is 0 Å². The minimum Gasteiger partial charge on any atom is -0.360 e. The third-order valence-corrected chi connectivity index (χ3v) is 4.01. The van der Waals surface area contributed by atoms with Crippen molar-refractivity contribution in [2.24, 2.45) is 0 Å². The Bertz CT molecular complexity index is 810. The van der Waals surface area contributed by atoms with E-state index in [2.05, 4.69) is 5.16 Å². The number of hydrogen-bond acceptors (Lipinski definition) is 3. The van der Waals surface area contributed by atoms with Crippen molar-refractivity contribution in [3.05, 3.63) is 77.6 Å². The van der Waals surface area contributed by atoms with Gasteiger partial charge in [0.05, 0.1) is 0 Å². The van der Waals surface area contributed by atoms with E-state index in [4.69, 9.17) is 4.52 Å². The number of carbonyl (C=O) groups excluding carboxylic acids is 1. The van der Waals surface area contributed by atoms with E-state index in [0.717, 1.165) is 11.1 Å². The lowest BCUT2D eigenvalue weighted by Crippen LogP contribution is -2.30. The third-order valence-electron chi connectivity index (χ3n) is 4.01. The van der Waals surface area contributed by atoms with E-state index in [1.165, 1.54) is 0 Å². The van der Waals surface area contributed by atoms with Gasteiger partial charge in [0.15, 0.2) is 0 Å². The predicted octanol–water partition coefficient (Wildman–Crippen LogP) is 4.31. The highest BCUT2D eigenvalue weighted by Gasteiger charge is 2.25. The highest BCUT2D eigenvalue weighted by Crippen LogP contribution is 2.26. The molecule has 0 aliphatic carbocycles. The van der Waals surface area contributed by atoms with Gasteiger partial charge in [-0.3, -0.25) is 4.79 Å². The molecular weight excluding hydrogens is 300 g/mol. The van der Waals surface area contributed by atoms with Crippen LogP contribution in [0.25, 0.3) is 11.3 Å². The Kier molecular flexibility index (Phi) is 4.75. The number of nitrogens with zero attached hydrogens (tertiary/aromatic N) is 2. The number of aryl methyl sites for hydroxylation is 1. The molecule has 0 aliphatic rings. The predicted molar refractivity (Wildman–Crippen MR) is 93.5 cm³/mol. The van der Waals surface area contributed by atoms with Crippen LogP contribution in [0.15, 0.2) is 65.2 Å². The van der Waals surface area contributed by atoms with Crippen molar-refractivity contribution in [1.82, 2.24) is 10.1 Å². The van der Waals surface area contributed by atoms with Gasteiger partial charge in [0, 0.05) is 18.7 Å². The van der Waals surface area contributed by atoms with Crippen molar-refractivity contribution in [1.29, 1.82) is 0 Å². The Labute approximate surface area is 141 Å². The quantitative estimate of drug-likeness (QED) is 0.703. The molecule has 0 N–H and O–H groups in total. The number of benzene rings is 2. The summed E-state index contributed by atoms with van der Waals surface area (Å²) < 4.78 is 5.32. The Balaban J connectivity index is 1.93. The first-order valence-electron chi connectivity index (χ1n) is 8.05. The van der Waals surface area contributed by atoms with Crippen molar-refractivity contribution in [2.45, 2.75) is 20.4 Å². The van der Waals surface area contributed by atoms with Crippen LogP contribution in [-0.4, -0.2) is 22.5 Å². The van der Waals surface area contributed by atoms with Crippen LogP contribution in [-0.2, 0) is 6.54 Å². The summed E-state index contributed by atoms with van der Waals surface area (Å²) in [5.74, 6) is 0.490. The first-order chi connectivity index (χ1) is 11.7. The van der Waals surface area contributed by atoms with Gasteiger partial charge in [-0.05, 0) is 19.4 Å². The van der Waals surface area contributed by atoms with Gasteiger partial charge in [0.1, 0.15) is 17.0 Å². The molecule has 0 fully saturated rings. The number of amides is 1. The highest BCUT2D eigenvalue weighted by molar-refractivity contribution is 6.00. The fourth-order valence-corrected chi connectivity index (χ4v) is 2.71. The van der Waals surface area contributed by atoms with Crippen LogP contribution in [0, 0.1) is 6.92 Å². The fourth-order valence-electron chi connectivity index (χ4n) is 2.71. The third kappa shape index (κ3) is 3.23. The molecule has 1 heterocycles. The SMILES string of the molecule is CCN(Cc1ccccc1)C(=O)c1c(-c2ccccc2)noc1C. The highest BCUT2D eigenvalue weighted by atomic mass is 16.5. The molecule has 1 aromatic heterocycles. The maximum atomic E-state index is 13.1. The lowest BCUT2D eigenvalue weighted by Gasteiger charge is -2.21. The van der Waals surface area contributed by atoms with E-state index in [1.807, 2.05) is 67.6 Å². The van der Waals surface area contributed by atoms with Gasteiger partial charge in [0.2, 0.25) is 0 Å². The molecule has 0 aliphatic heterocycles. The molecular formula is C20H20N2O2. The van der Waals surface area contributed by atoms with Crippen molar-refractivity contribution in [3.8, 4) is 11.3 Å². The van der Waals surface area contributed by atoms with Crippen LogP contribution in [0.4, 0.5) is 0 Å². The van der Waals surface area contributed by atoms with E-state index in [-0.39, 0.29) is 5.91 Å².